The van der Waals surface area contributed by atoms with E-state index in [9.17, 15) is 0 Å². The lowest BCUT2D eigenvalue weighted by Crippen LogP contribution is -1.95. The number of hydrogen-bond donors (Lipinski definition) is 0. The van der Waals surface area contributed by atoms with Crippen molar-refractivity contribution in [3.8, 4) is 39.1 Å². The molecule has 0 saturated carbocycles. The molecule has 0 N–H and O–H groups in total. The van der Waals surface area contributed by atoms with Crippen LogP contribution in [0.25, 0.3) is 146 Å². The molecule has 0 fully saturated rings. The SMILES string of the molecule is c1ccc(-n2c3ccccc3c3cc(-c4c5ccccc5c(-c5c6ccccc6c(-c6ccc7c(c6)sc6c7ccc7c8ccccc8ccc76)c6ccccc56)c5ccccc45)ccc32)cc1. The van der Waals surface area contributed by atoms with Gasteiger partial charge in [-0.2, -0.15) is 0 Å². The average Bonchev–Trinajstić information content (AvgIpc) is 3.95. The van der Waals surface area contributed by atoms with Crippen molar-refractivity contribution in [1.29, 1.82) is 0 Å². The molecule has 0 radical (unpaired) electrons. The van der Waals surface area contributed by atoms with Gasteiger partial charge in [0.15, 0.2) is 0 Å². The minimum absolute atomic E-state index is 1.17. The van der Waals surface area contributed by atoms with E-state index in [1.54, 1.807) is 0 Å². The highest BCUT2D eigenvalue weighted by molar-refractivity contribution is 7.26. The second-order valence-corrected chi connectivity index (χ2v) is 19.3. The van der Waals surface area contributed by atoms with E-state index in [0.717, 1.165) is 0 Å². The molecule has 0 amide bonds. The summed E-state index contributed by atoms with van der Waals surface area (Å²) in [6.07, 6.45) is 0. The first kappa shape index (κ1) is 37.6. The molecule has 0 atom stereocenters. The molecular weight excluding hydrogens is 839 g/mol. The maximum atomic E-state index is 2.45. The summed E-state index contributed by atoms with van der Waals surface area (Å²) in [7, 11) is 0. The van der Waals surface area contributed by atoms with Crippen molar-refractivity contribution >= 4 is 118 Å². The minimum Gasteiger partial charge on any atom is -0.309 e. The molecule has 0 aliphatic heterocycles. The van der Waals surface area contributed by atoms with Gasteiger partial charge in [0.2, 0.25) is 0 Å². The van der Waals surface area contributed by atoms with Crippen molar-refractivity contribution in [1.82, 2.24) is 4.57 Å². The van der Waals surface area contributed by atoms with Gasteiger partial charge in [0.1, 0.15) is 0 Å². The summed E-state index contributed by atoms with van der Waals surface area (Å²) < 4.78 is 5.06. The van der Waals surface area contributed by atoms with Crippen LogP contribution in [0.15, 0.2) is 237 Å². The molecule has 0 spiro atoms. The standard InChI is InChI=1S/C66H39NS/c1-2-17-43(18-3-1)67-59-29-15-14-20-46(59)58-38-41(32-37-60(58)67)62-48-21-6-10-25-52(48)64(53-26-11-7-22-49(53)62)65-54-27-12-8-23-50(54)63(51-24-9-13-28-55(51)65)42-31-33-47-57-36-35-45-44-19-5-4-16-40(44)30-34-56(45)66(57)68-61(47)39-42/h1-39H. The van der Waals surface area contributed by atoms with E-state index >= 15 is 0 Å². The number of rotatable bonds is 4. The number of hydrogen-bond acceptors (Lipinski definition) is 1. The first-order valence-electron chi connectivity index (χ1n) is 23.5. The van der Waals surface area contributed by atoms with Crippen molar-refractivity contribution in [2.75, 3.05) is 0 Å². The molecule has 2 heteroatoms. The van der Waals surface area contributed by atoms with E-state index in [-0.39, 0.29) is 0 Å². The molecule has 0 unspecified atom stereocenters. The summed E-state index contributed by atoms with van der Waals surface area (Å²) in [5.74, 6) is 0. The maximum Gasteiger partial charge on any atom is 0.0541 e. The quantitative estimate of drug-likeness (QED) is 0.123. The Bertz CT molecular complexity index is 4490. The molecule has 0 bridgehead atoms. The fraction of sp³-hybridized carbons (Fsp3) is 0. The normalized spacial score (nSPS) is 12.1. The highest BCUT2D eigenvalue weighted by Gasteiger charge is 2.24. The van der Waals surface area contributed by atoms with Crippen LogP contribution in [0, 0.1) is 0 Å². The molecule has 0 aliphatic carbocycles. The molecular formula is C66H39NS. The van der Waals surface area contributed by atoms with E-state index in [0.29, 0.717) is 0 Å². The van der Waals surface area contributed by atoms with Crippen LogP contribution in [0.1, 0.15) is 0 Å². The molecule has 15 rings (SSSR count). The Morgan fingerprint density at radius 2 is 0.676 bits per heavy atom. The fourth-order valence-corrected chi connectivity index (χ4v) is 13.1. The zero-order valence-corrected chi connectivity index (χ0v) is 37.7. The minimum atomic E-state index is 1.17. The summed E-state index contributed by atoms with van der Waals surface area (Å²) in [6.45, 7) is 0. The van der Waals surface area contributed by atoms with Crippen molar-refractivity contribution in [3.05, 3.63) is 237 Å². The van der Waals surface area contributed by atoms with E-state index < -0.39 is 0 Å². The van der Waals surface area contributed by atoms with E-state index in [2.05, 4.69) is 241 Å². The fourth-order valence-electron chi connectivity index (χ4n) is 11.9. The molecule has 0 aliphatic rings. The predicted octanol–water partition coefficient (Wildman–Crippen LogP) is 19.1. The Morgan fingerprint density at radius 1 is 0.250 bits per heavy atom. The highest BCUT2D eigenvalue weighted by atomic mass is 32.1. The summed E-state index contributed by atoms with van der Waals surface area (Å²) >= 11 is 1.92. The van der Waals surface area contributed by atoms with Gasteiger partial charge in [-0.05, 0) is 129 Å². The summed E-state index contributed by atoms with van der Waals surface area (Å²) in [5.41, 5.74) is 11.1. The summed E-state index contributed by atoms with van der Waals surface area (Å²) in [4.78, 5) is 0. The highest BCUT2D eigenvalue weighted by Crippen LogP contribution is 2.51. The van der Waals surface area contributed by atoms with Gasteiger partial charge in [0.25, 0.3) is 0 Å². The predicted molar refractivity (Wildman–Crippen MR) is 295 cm³/mol. The third-order valence-electron chi connectivity index (χ3n) is 14.7. The van der Waals surface area contributed by atoms with Gasteiger partial charge in [-0.15, -0.1) is 11.3 Å². The van der Waals surface area contributed by atoms with Crippen LogP contribution in [0.4, 0.5) is 0 Å². The van der Waals surface area contributed by atoms with Gasteiger partial charge < -0.3 is 4.57 Å². The number of benzene rings is 13. The lowest BCUT2D eigenvalue weighted by molar-refractivity contribution is 1.18. The Balaban J connectivity index is 0.975. The van der Waals surface area contributed by atoms with Crippen molar-refractivity contribution in [2.24, 2.45) is 0 Å². The van der Waals surface area contributed by atoms with Crippen LogP contribution < -0.4 is 0 Å². The summed E-state index contributed by atoms with van der Waals surface area (Å²) in [6, 6.07) is 88.3. The van der Waals surface area contributed by atoms with Gasteiger partial charge in [-0.1, -0.05) is 200 Å². The lowest BCUT2D eigenvalue weighted by Gasteiger charge is -2.22. The van der Waals surface area contributed by atoms with Crippen LogP contribution in [-0.4, -0.2) is 4.57 Å². The average molecular weight is 878 g/mol. The molecule has 314 valence electrons. The van der Waals surface area contributed by atoms with Crippen LogP contribution in [0.2, 0.25) is 0 Å². The van der Waals surface area contributed by atoms with Crippen LogP contribution in [0.5, 0.6) is 0 Å². The monoisotopic (exact) mass is 877 g/mol. The Labute approximate surface area is 396 Å². The topological polar surface area (TPSA) is 4.93 Å². The number of nitrogens with zero attached hydrogens (tertiary/aromatic N) is 1. The Morgan fingerprint density at radius 3 is 1.29 bits per heavy atom. The first-order valence-corrected chi connectivity index (χ1v) is 24.3. The number of para-hydroxylation sites is 2. The number of aromatic nitrogens is 1. The third-order valence-corrected chi connectivity index (χ3v) is 15.9. The zero-order chi connectivity index (χ0) is 44.5. The second-order valence-electron chi connectivity index (χ2n) is 18.2. The Hall–Kier alpha value is -8.56. The largest absolute Gasteiger partial charge is 0.309 e. The maximum absolute atomic E-state index is 2.45. The summed E-state index contributed by atoms with van der Waals surface area (Å²) in [5, 5.41) is 20.4. The van der Waals surface area contributed by atoms with Gasteiger partial charge >= 0.3 is 0 Å². The Kier molecular flexibility index (Phi) is 8.01. The lowest BCUT2D eigenvalue weighted by atomic mass is 9.81. The molecule has 68 heavy (non-hydrogen) atoms. The van der Waals surface area contributed by atoms with Gasteiger partial charge in [-0.3, -0.25) is 0 Å². The molecule has 13 aromatic carbocycles. The van der Waals surface area contributed by atoms with Crippen molar-refractivity contribution in [3.63, 3.8) is 0 Å². The van der Waals surface area contributed by atoms with Crippen molar-refractivity contribution < 1.29 is 0 Å². The molecule has 15 aromatic rings. The van der Waals surface area contributed by atoms with E-state index in [4.69, 9.17) is 0 Å². The first-order chi connectivity index (χ1) is 33.8. The smallest absolute Gasteiger partial charge is 0.0541 e. The number of fused-ring (bicyclic) bond motifs is 14. The van der Waals surface area contributed by atoms with Crippen LogP contribution in [-0.2, 0) is 0 Å². The van der Waals surface area contributed by atoms with Crippen molar-refractivity contribution in [2.45, 2.75) is 0 Å². The van der Waals surface area contributed by atoms with E-state index in [1.165, 1.54) is 146 Å². The van der Waals surface area contributed by atoms with Gasteiger partial charge in [-0.25, -0.2) is 0 Å². The van der Waals surface area contributed by atoms with Crippen LogP contribution in [0.3, 0.4) is 0 Å². The van der Waals surface area contributed by atoms with Crippen LogP contribution >= 0.6 is 11.3 Å². The number of thiophene rings is 1. The second kappa shape index (κ2) is 14.5. The zero-order valence-electron chi connectivity index (χ0n) is 36.9. The van der Waals surface area contributed by atoms with E-state index in [1.807, 2.05) is 11.3 Å². The van der Waals surface area contributed by atoms with Gasteiger partial charge in [0, 0.05) is 42.0 Å². The molecule has 2 aromatic heterocycles. The molecule has 2 heterocycles. The third kappa shape index (κ3) is 5.32. The van der Waals surface area contributed by atoms with Gasteiger partial charge in [0.05, 0.1) is 11.0 Å². The molecule has 0 saturated heterocycles. The molecule has 1 nitrogen and oxygen atoms in total.